The molecule has 1 aliphatic heterocycles. The maximum atomic E-state index is 14.5. The zero-order chi connectivity index (χ0) is 19.8. The van der Waals surface area contributed by atoms with Gasteiger partial charge in [0.2, 0.25) is 0 Å². The molecule has 1 aliphatic carbocycles. The van der Waals surface area contributed by atoms with Gasteiger partial charge in [-0.3, -0.25) is 4.98 Å². The van der Waals surface area contributed by atoms with Crippen molar-refractivity contribution >= 4 is 11.3 Å². The lowest BCUT2D eigenvalue weighted by molar-refractivity contribution is 0.264. The van der Waals surface area contributed by atoms with E-state index >= 15 is 0 Å². The number of likely N-dealkylation sites (tertiary alicyclic amines) is 1. The van der Waals surface area contributed by atoms with Gasteiger partial charge in [-0.2, -0.15) is 5.10 Å². The van der Waals surface area contributed by atoms with Gasteiger partial charge in [-0.05, 0) is 31.3 Å². The van der Waals surface area contributed by atoms with E-state index in [9.17, 15) is 4.39 Å². The first kappa shape index (κ1) is 18.0. The summed E-state index contributed by atoms with van der Waals surface area (Å²) in [7, 11) is 0. The molecule has 29 heavy (non-hydrogen) atoms. The Morgan fingerprint density at radius 3 is 3.00 bits per heavy atom. The summed E-state index contributed by atoms with van der Waals surface area (Å²) in [5.74, 6) is 0.186. The zero-order valence-corrected chi connectivity index (χ0v) is 16.1. The van der Waals surface area contributed by atoms with E-state index in [1.165, 1.54) is 17.5 Å². The number of hydrogen-bond acceptors (Lipinski definition) is 7. The number of fused-ring (bicyclic) bond motifs is 1. The predicted octanol–water partition coefficient (Wildman–Crippen LogP) is 2.21. The molecule has 0 bridgehead atoms. The molecular weight excluding hydrogens is 371 g/mol. The first-order valence-electron chi connectivity index (χ1n) is 9.95. The molecule has 0 amide bonds. The Bertz CT molecular complexity index is 1070. The fourth-order valence-corrected chi connectivity index (χ4v) is 3.99. The van der Waals surface area contributed by atoms with Crippen LogP contribution in [-0.2, 0) is 0 Å². The highest BCUT2D eigenvalue weighted by molar-refractivity contribution is 5.75. The van der Waals surface area contributed by atoms with Crippen LogP contribution in [-0.4, -0.2) is 55.1 Å². The Labute approximate surface area is 167 Å². The molecule has 5 rings (SSSR count). The number of rotatable bonds is 5. The van der Waals surface area contributed by atoms with Gasteiger partial charge in [-0.15, -0.1) is 0 Å². The first-order chi connectivity index (χ1) is 14.2. The van der Waals surface area contributed by atoms with Crippen LogP contribution >= 0.6 is 0 Å². The smallest absolute Gasteiger partial charge is 0.183 e. The number of hydrogen-bond donors (Lipinski definition) is 2. The molecular formula is C20H23FN8. The Morgan fingerprint density at radius 1 is 1.28 bits per heavy atom. The molecule has 4 heterocycles. The van der Waals surface area contributed by atoms with E-state index in [1.54, 1.807) is 29.3 Å². The van der Waals surface area contributed by atoms with Crippen LogP contribution in [0, 0.1) is 5.82 Å². The molecule has 0 spiro atoms. The molecule has 2 fully saturated rings. The van der Waals surface area contributed by atoms with E-state index in [1.807, 2.05) is 0 Å². The molecule has 2 aliphatic rings. The molecule has 3 N–H and O–H groups in total. The quantitative estimate of drug-likeness (QED) is 0.685. The maximum absolute atomic E-state index is 14.5. The van der Waals surface area contributed by atoms with Gasteiger partial charge in [0.1, 0.15) is 0 Å². The molecule has 3 aromatic heterocycles. The summed E-state index contributed by atoms with van der Waals surface area (Å²) in [4.78, 5) is 15.1. The highest BCUT2D eigenvalue weighted by atomic mass is 19.1. The van der Waals surface area contributed by atoms with Crippen LogP contribution in [0.15, 0.2) is 42.3 Å². The van der Waals surface area contributed by atoms with Crippen LogP contribution in [0.4, 0.5) is 10.2 Å². The lowest BCUT2D eigenvalue weighted by atomic mass is 10.0. The van der Waals surface area contributed by atoms with Crippen LogP contribution in [0.3, 0.4) is 0 Å². The Hall–Kier alpha value is -3.07. The zero-order valence-electron chi connectivity index (χ0n) is 16.1. The van der Waals surface area contributed by atoms with Crippen molar-refractivity contribution in [1.82, 2.24) is 29.5 Å². The number of piperidine rings is 1. The molecule has 1 saturated heterocycles. The monoisotopic (exact) mass is 394 g/mol. The summed E-state index contributed by atoms with van der Waals surface area (Å²) in [5.41, 5.74) is 10.2. The topological polar surface area (TPSA) is 97.3 Å². The molecule has 9 heteroatoms. The van der Waals surface area contributed by atoms with E-state index in [0.29, 0.717) is 12.4 Å². The summed E-state index contributed by atoms with van der Waals surface area (Å²) < 4.78 is 16.2. The second kappa shape index (κ2) is 7.40. The van der Waals surface area contributed by atoms with Crippen molar-refractivity contribution < 1.29 is 4.39 Å². The second-order valence-corrected chi connectivity index (χ2v) is 7.54. The number of anilines is 1. The van der Waals surface area contributed by atoms with Crippen molar-refractivity contribution in [1.29, 1.82) is 0 Å². The summed E-state index contributed by atoms with van der Waals surface area (Å²) >= 11 is 0. The van der Waals surface area contributed by atoms with Crippen LogP contribution in [0.2, 0.25) is 0 Å². The van der Waals surface area contributed by atoms with Crippen LogP contribution in [0.1, 0.15) is 25.7 Å². The number of allylic oxidation sites excluding steroid dienone is 1. The van der Waals surface area contributed by atoms with Gasteiger partial charge >= 0.3 is 0 Å². The van der Waals surface area contributed by atoms with Crippen molar-refractivity contribution in [3.05, 3.63) is 48.1 Å². The van der Waals surface area contributed by atoms with Gasteiger partial charge in [0.25, 0.3) is 0 Å². The molecule has 0 unspecified atom stereocenters. The summed E-state index contributed by atoms with van der Waals surface area (Å²) in [6, 6.07) is 0.104. The maximum Gasteiger partial charge on any atom is 0.183 e. The fraction of sp³-hybridized carbons (Fsp3) is 0.400. The molecule has 3 aromatic rings. The van der Waals surface area contributed by atoms with E-state index < -0.39 is 5.82 Å². The predicted molar refractivity (Wildman–Crippen MR) is 108 cm³/mol. The van der Waals surface area contributed by atoms with Crippen molar-refractivity contribution in [2.75, 3.05) is 25.0 Å². The summed E-state index contributed by atoms with van der Waals surface area (Å²) in [5, 5.41) is 7.58. The highest BCUT2D eigenvalue weighted by Crippen LogP contribution is 2.34. The van der Waals surface area contributed by atoms with E-state index in [2.05, 4.69) is 30.3 Å². The minimum atomic E-state index is -0.458. The number of halogens is 1. The third-order valence-corrected chi connectivity index (χ3v) is 5.56. The molecule has 1 atom stereocenters. The normalized spacial score (nSPS) is 18.9. The fourth-order valence-electron chi connectivity index (χ4n) is 3.99. The lowest BCUT2D eigenvalue weighted by Crippen LogP contribution is -2.43. The number of nitrogens with one attached hydrogen (secondary N) is 1. The Balaban J connectivity index is 1.39. The van der Waals surface area contributed by atoms with Crippen molar-refractivity contribution in [3.63, 3.8) is 0 Å². The highest BCUT2D eigenvalue weighted by Gasteiger charge is 2.27. The van der Waals surface area contributed by atoms with E-state index in [0.717, 1.165) is 49.9 Å². The Morgan fingerprint density at radius 2 is 2.17 bits per heavy atom. The first-order valence-corrected chi connectivity index (χ1v) is 9.95. The van der Waals surface area contributed by atoms with Crippen LogP contribution in [0.5, 0.6) is 0 Å². The van der Waals surface area contributed by atoms with Crippen molar-refractivity contribution in [2.45, 2.75) is 31.7 Å². The summed E-state index contributed by atoms with van der Waals surface area (Å²) in [6.07, 6.45) is 12.3. The standard InChI is InChI=1S/C20H23FN8/c21-16-10-24-19(15-9-25-29-7-5-23-11-18(15)29)27-20(16)26-14-2-1-6-28(12-14)17(8-22)13-3-4-13/h5,7,9-11,14H,1-4,6,8,12,22H2,(H,24,26,27)/t14-/m1/s1. The van der Waals surface area contributed by atoms with E-state index in [4.69, 9.17) is 5.73 Å². The molecule has 150 valence electrons. The van der Waals surface area contributed by atoms with Gasteiger partial charge in [0.15, 0.2) is 17.5 Å². The third-order valence-electron chi connectivity index (χ3n) is 5.56. The average molecular weight is 394 g/mol. The van der Waals surface area contributed by atoms with E-state index in [-0.39, 0.29) is 11.9 Å². The minimum Gasteiger partial charge on any atom is -0.372 e. The van der Waals surface area contributed by atoms with Crippen molar-refractivity contribution in [2.24, 2.45) is 5.73 Å². The number of nitrogens with zero attached hydrogens (tertiary/aromatic N) is 6. The molecule has 0 radical (unpaired) electrons. The second-order valence-electron chi connectivity index (χ2n) is 7.54. The number of nitrogens with two attached hydrogens (primary N) is 1. The van der Waals surface area contributed by atoms with Gasteiger partial charge < -0.3 is 16.0 Å². The van der Waals surface area contributed by atoms with Gasteiger partial charge in [-0.1, -0.05) is 0 Å². The van der Waals surface area contributed by atoms with Gasteiger partial charge in [0.05, 0.1) is 29.7 Å². The van der Waals surface area contributed by atoms with Gasteiger partial charge in [-0.25, -0.2) is 18.9 Å². The largest absolute Gasteiger partial charge is 0.372 e. The molecule has 8 nitrogen and oxygen atoms in total. The molecule has 1 saturated carbocycles. The van der Waals surface area contributed by atoms with Gasteiger partial charge in [0, 0.05) is 43.8 Å². The van der Waals surface area contributed by atoms with Crippen molar-refractivity contribution in [3.8, 4) is 11.4 Å². The van der Waals surface area contributed by atoms with Crippen LogP contribution in [0.25, 0.3) is 16.9 Å². The molecule has 0 aromatic carbocycles. The number of aromatic nitrogens is 5. The lowest BCUT2D eigenvalue weighted by Gasteiger charge is -2.36. The third kappa shape index (κ3) is 3.53. The SMILES string of the molecule is NCC(=C1CC1)N1CCC[C@@H](Nc2nc(-c3cnn4ccncc34)ncc2F)C1. The summed E-state index contributed by atoms with van der Waals surface area (Å²) in [6.45, 7) is 2.37. The Kier molecular flexibility index (Phi) is 4.59. The average Bonchev–Trinajstić information content (AvgIpc) is 3.48. The van der Waals surface area contributed by atoms with Crippen LogP contribution < -0.4 is 11.1 Å². The minimum absolute atomic E-state index is 0.104.